The van der Waals surface area contributed by atoms with Crippen LogP contribution in [0.25, 0.3) is 0 Å². The summed E-state index contributed by atoms with van der Waals surface area (Å²) in [5.41, 5.74) is 5.63. The van der Waals surface area contributed by atoms with Crippen molar-refractivity contribution in [3.05, 3.63) is 58.1 Å². The number of hydrogen-bond donors (Lipinski definition) is 1. The maximum Gasteiger partial charge on any atom is 0.224 e. The van der Waals surface area contributed by atoms with Gasteiger partial charge in [-0.3, -0.25) is 4.79 Å². The highest BCUT2D eigenvalue weighted by Crippen LogP contribution is 2.40. The average Bonchev–Trinajstić information content (AvgIpc) is 3.21. The zero-order valence-electron chi connectivity index (χ0n) is 13.9. The van der Waals surface area contributed by atoms with Gasteiger partial charge >= 0.3 is 0 Å². The van der Waals surface area contributed by atoms with E-state index < -0.39 is 0 Å². The lowest BCUT2D eigenvalue weighted by Gasteiger charge is -2.13. The van der Waals surface area contributed by atoms with E-state index in [1.807, 2.05) is 12.1 Å². The molecule has 2 aromatic carbocycles. The molecular weight excluding hydrogens is 302 g/mol. The largest absolute Gasteiger partial charge is 0.493 e. The normalized spacial score (nSPS) is 14.5. The Hall–Kier alpha value is -2.49. The summed E-state index contributed by atoms with van der Waals surface area (Å²) in [6, 6.07) is 10.3. The molecule has 1 N–H and O–H groups in total. The number of amides is 1. The van der Waals surface area contributed by atoms with Crippen LogP contribution in [0.2, 0.25) is 0 Å². The zero-order chi connectivity index (χ0) is 16.5. The monoisotopic (exact) mass is 323 g/mol. The van der Waals surface area contributed by atoms with Gasteiger partial charge in [-0.05, 0) is 18.6 Å². The van der Waals surface area contributed by atoms with Crippen molar-refractivity contribution < 1.29 is 14.3 Å². The van der Waals surface area contributed by atoms with Gasteiger partial charge in [0.1, 0.15) is 11.5 Å². The average molecular weight is 323 g/mol. The van der Waals surface area contributed by atoms with Crippen LogP contribution < -0.4 is 14.8 Å². The van der Waals surface area contributed by atoms with E-state index in [4.69, 9.17) is 9.47 Å². The van der Waals surface area contributed by atoms with Crippen LogP contribution in [0.5, 0.6) is 11.5 Å². The Balaban J connectivity index is 1.50. The van der Waals surface area contributed by atoms with Gasteiger partial charge in [0.05, 0.1) is 19.6 Å². The quantitative estimate of drug-likeness (QED) is 0.941. The van der Waals surface area contributed by atoms with Crippen molar-refractivity contribution in [3.63, 3.8) is 0 Å². The number of ether oxygens (including phenoxy) is 2. The molecule has 2 heterocycles. The second kappa shape index (κ2) is 6.19. The molecule has 4 heteroatoms. The van der Waals surface area contributed by atoms with Crippen LogP contribution in [0.15, 0.2) is 30.3 Å². The highest BCUT2D eigenvalue weighted by Gasteiger charge is 2.27. The zero-order valence-corrected chi connectivity index (χ0v) is 13.9. The van der Waals surface area contributed by atoms with Gasteiger partial charge in [-0.25, -0.2) is 0 Å². The van der Waals surface area contributed by atoms with Crippen LogP contribution >= 0.6 is 0 Å². The van der Waals surface area contributed by atoms with Gasteiger partial charge in [0.15, 0.2) is 0 Å². The molecular formula is C20H21NO3. The molecule has 0 aliphatic carbocycles. The minimum Gasteiger partial charge on any atom is -0.493 e. The number of carbonyl (C=O) groups is 1. The van der Waals surface area contributed by atoms with Crippen molar-refractivity contribution in [1.29, 1.82) is 0 Å². The fraction of sp³-hybridized carbons (Fsp3) is 0.350. The minimum atomic E-state index is 0.0227. The summed E-state index contributed by atoms with van der Waals surface area (Å²) >= 11 is 0. The molecule has 2 aliphatic rings. The Labute approximate surface area is 141 Å². The smallest absolute Gasteiger partial charge is 0.224 e. The summed E-state index contributed by atoms with van der Waals surface area (Å²) in [6.07, 6.45) is 2.09. The lowest BCUT2D eigenvalue weighted by molar-refractivity contribution is -0.120. The fourth-order valence-corrected chi connectivity index (χ4v) is 3.52. The number of benzene rings is 2. The number of rotatable bonds is 4. The molecule has 4 rings (SSSR count). The standard InChI is InChI=1S/C20H21NO3/c1-13-3-2-4-14(9-13)12-21-19(22)11-17-16-6-8-23-18(16)10-15-5-7-24-20(15)17/h2-4,9-10H,5-8,11-12H2,1H3,(H,21,22). The first-order valence-electron chi connectivity index (χ1n) is 8.46. The van der Waals surface area contributed by atoms with Crippen LogP contribution in [-0.2, 0) is 30.6 Å². The predicted octanol–water partition coefficient (Wildman–Crippen LogP) is 2.72. The fourth-order valence-electron chi connectivity index (χ4n) is 3.52. The molecule has 2 aliphatic heterocycles. The van der Waals surface area contributed by atoms with Gasteiger partial charge in [0.2, 0.25) is 5.91 Å². The van der Waals surface area contributed by atoms with E-state index in [9.17, 15) is 4.79 Å². The van der Waals surface area contributed by atoms with E-state index >= 15 is 0 Å². The Morgan fingerprint density at radius 2 is 2.04 bits per heavy atom. The summed E-state index contributed by atoms with van der Waals surface area (Å²) < 4.78 is 11.5. The topological polar surface area (TPSA) is 47.6 Å². The number of fused-ring (bicyclic) bond motifs is 2. The molecule has 0 unspecified atom stereocenters. The van der Waals surface area contributed by atoms with Gasteiger partial charge in [0, 0.05) is 36.1 Å². The van der Waals surface area contributed by atoms with Gasteiger partial charge < -0.3 is 14.8 Å². The Morgan fingerprint density at radius 3 is 2.92 bits per heavy atom. The summed E-state index contributed by atoms with van der Waals surface area (Å²) in [7, 11) is 0. The first kappa shape index (κ1) is 15.1. The molecule has 0 fully saturated rings. The van der Waals surface area contributed by atoms with Crippen LogP contribution in [0, 0.1) is 6.92 Å². The molecule has 0 radical (unpaired) electrons. The third-order valence-corrected chi connectivity index (χ3v) is 4.67. The van der Waals surface area contributed by atoms with Gasteiger partial charge in [0.25, 0.3) is 0 Å². The van der Waals surface area contributed by atoms with Crippen LogP contribution in [0.1, 0.15) is 27.8 Å². The van der Waals surface area contributed by atoms with Gasteiger partial charge in [-0.15, -0.1) is 0 Å². The van der Waals surface area contributed by atoms with Gasteiger partial charge in [-0.1, -0.05) is 29.8 Å². The predicted molar refractivity (Wildman–Crippen MR) is 91.6 cm³/mol. The molecule has 2 aromatic rings. The molecule has 0 atom stereocenters. The molecule has 1 amide bonds. The second-order valence-electron chi connectivity index (χ2n) is 6.46. The van der Waals surface area contributed by atoms with E-state index in [-0.39, 0.29) is 5.91 Å². The Morgan fingerprint density at radius 1 is 1.17 bits per heavy atom. The number of carbonyl (C=O) groups excluding carboxylic acids is 1. The first-order valence-corrected chi connectivity index (χ1v) is 8.46. The highest BCUT2D eigenvalue weighted by molar-refractivity contribution is 5.80. The van der Waals surface area contributed by atoms with Crippen molar-refractivity contribution in [1.82, 2.24) is 5.32 Å². The molecule has 124 valence electrons. The van der Waals surface area contributed by atoms with Crippen LogP contribution in [0.4, 0.5) is 0 Å². The van der Waals surface area contributed by atoms with E-state index in [0.29, 0.717) is 26.2 Å². The summed E-state index contributed by atoms with van der Waals surface area (Å²) in [5, 5.41) is 3.02. The number of aryl methyl sites for hydroxylation is 1. The van der Waals surface area contributed by atoms with E-state index in [2.05, 4.69) is 30.4 Å². The SMILES string of the molecule is Cc1cccc(CNC(=O)Cc2c3c(cc4c2OCC4)OCC3)c1. The van der Waals surface area contributed by atoms with Gasteiger partial charge in [-0.2, -0.15) is 0 Å². The van der Waals surface area contributed by atoms with Crippen LogP contribution in [0.3, 0.4) is 0 Å². The van der Waals surface area contributed by atoms with Crippen molar-refractivity contribution >= 4 is 5.91 Å². The highest BCUT2D eigenvalue weighted by atomic mass is 16.5. The molecule has 0 bridgehead atoms. The maximum absolute atomic E-state index is 12.5. The molecule has 24 heavy (non-hydrogen) atoms. The molecule has 0 saturated carbocycles. The summed E-state index contributed by atoms with van der Waals surface area (Å²) in [5.74, 6) is 1.86. The van der Waals surface area contributed by atoms with E-state index in [0.717, 1.165) is 46.6 Å². The first-order chi connectivity index (χ1) is 11.7. The van der Waals surface area contributed by atoms with E-state index in [1.165, 1.54) is 5.56 Å². The summed E-state index contributed by atoms with van der Waals surface area (Å²) in [6.45, 7) is 3.99. The number of hydrogen-bond acceptors (Lipinski definition) is 3. The molecule has 0 aromatic heterocycles. The van der Waals surface area contributed by atoms with Crippen molar-refractivity contribution in [2.45, 2.75) is 32.7 Å². The van der Waals surface area contributed by atoms with Crippen molar-refractivity contribution in [2.24, 2.45) is 0 Å². The Bertz CT molecular complexity index is 765. The summed E-state index contributed by atoms with van der Waals surface area (Å²) in [4.78, 5) is 12.5. The molecule has 0 saturated heterocycles. The third kappa shape index (κ3) is 2.84. The maximum atomic E-state index is 12.5. The third-order valence-electron chi connectivity index (χ3n) is 4.67. The van der Waals surface area contributed by atoms with Crippen LogP contribution in [-0.4, -0.2) is 19.1 Å². The minimum absolute atomic E-state index is 0.0227. The molecule has 0 spiro atoms. The second-order valence-corrected chi connectivity index (χ2v) is 6.46. The van der Waals surface area contributed by atoms with E-state index in [1.54, 1.807) is 0 Å². The van der Waals surface area contributed by atoms with Crippen molar-refractivity contribution in [2.75, 3.05) is 13.2 Å². The number of nitrogens with one attached hydrogen (secondary N) is 1. The molecule has 4 nitrogen and oxygen atoms in total. The Kier molecular flexibility index (Phi) is 3.89. The lowest BCUT2D eigenvalue weighted by atomic mass is 9.97. The van der Waals surface area contributed by atoms with Crippen molar-refractivity contribution in [3.8, 4) is 11.5 Å². The lowest BCUT2D eigenvalue weighted by Crippen LogP contribution is -2.25.